The molecular weight excluding hydrogens is 294 g/mol. The summed E-state index contributed by atoms with van der Waals surface area (Å²) in [5, 5.41) is 17.4. The van der Waals surface area contributed by atoms with E-state index in [0.717, 1.165) is 0 Å². The quantitative estimate of drug-likeness (QED) is 0.282. The highest BCUT2D eigenvalue weighted by Gasteiger charge is 2.19. The fraction of sp³-hybridized carbons (Fsp3) is 0.429. The molecule has 1 atom stereocenters. The number of ether oxygens (including phenoxy) is 2. The van der Waals surface area contributed by atoms with E-state index in [1.165, 1.54) is 24.3 Å². The lowest BCUT2D eigenvalue weighted by Crippen LogP contribution is -2.29. The number of nitro groups is 1. The predicted octanol–water partition coefficient (Wildman–Crippen LogP) is 2.61. The average molecular weight is 313 g/mol. The van der Waals surface area contributed by atoms with Crippen molar-refractivity contribution in [2.45, 2.75) is 33.5 Å². The van der Waals surface area contributed by atoms with E-state index in [1.807, 2.05) is 13.8 Å². The standard InChI is InChI=1S/C13H17NO5.CH2O2/c1-4-12(15)19-13(9(2)3)18-11-7-5-10(6-8-11)14(16)17;2-1-3/h5-9,13H,4H2,1-3H3;1H,(H,2,3). The molecule has 0 aliphatic carbocycles. The van der Waals surface area contributed by atoms with Crippen molar-refractivity contribution in [2.24, 2.45) is 5.92 Å². The molecule has 0 saturated heterocycles. The fourth-order valence-electron chi connectivity index (χ4n) is 1.29. The van der Waals surface area contributed by atoms with Crippen LogP contribution in [0, 0.1) is 16.0 Å². The molecule has 0 spiro atoms. The zero-order valence-electron chi connectivity index (χ0n) is 12.6. The van der Waals surface area contributed by atoms with Gasteiger partial charge < -0.3 is 14.6 Å². The Kier molecular flexibility index (Phi) is 8.92. The van der Waals surface area contributed by atoms with Crippen LogP contribution in [0.2, 0.25) is 0 Å². The summed E-state index contributed by atoms with van der Waals surface area (Å²) in [5.74, 6) is 0.0551. The second-order valence-electron chi connectivity index (χ2n) is 4.43. The molecule has 1 rings (SSSR count). The Balaban J connectivity index is 0.00000135. The second-order valence-corrected chi connectivity index (χ2v) is 4.43. The van der Waals surface area contributed by atoms with E-state index in [9.17, 15) is 14.9 Å². The van der Waals surface area contributed by atoms with Gasteiger partial charge in [-0.05, 0) is 12.1 Å². The van der Waals surface area contributed by atoms with Gasteiger partial charge in [-0.3, -0.25) is 19.7 Å². The van der Waals surface area contributed by atoms with Gasteiger partial charge in [-0.2, -0.15) is 0 Å². The lowest BCUT2D eigenvalue weighted by molar-refractivity contribution is -0.384. The number of esters is 1. The van der Waals surface area contributed by atoms with Crippen molar-refractivity contribution in [2.75, 3.05) is 0 Å². The Bertz CT molecular complexity index is 484. The summed E-state index contributed by atoms with van der Waals surface area (Å²) in [5.41, 5.74) is -0.0148. The number of carbonyl (C=O) groups is 2. The monoisotopic (exact) mass is 313 g/mol. The van der Waals surface area contributed by atoms with Crippen molar-refractivity contribution in [3.8, 4) is 5.75 Å². The molecular formula is C14H19NO7. The van der Waals surface area contributed by atoms with Crippen molar-refractivity contribution in [3.05, 3.63) is 34.4 Å². The third kappa shape index (κ3) is 7.22. The topological polar surface area (TPSA) is 116 Å². The summed E-state index contributed by atoms with van der Waals surface area (Å²) in [4.78, 5) is 29.7. The van der Waals surface area contributed by atoms with E-state index >= 15 is 0 Å². The summed E-state index contributed by atoms with van der Waals surface area (Å²) in [6.45, 7) is 5.17. The lowest BCUT2D eigenvalue weighted by atomic mass is 10.2. The number of nitro benzene ring substituents is 1. The van der Waals surface area contributed by atoms with Gasteiger partial charge in [0.05, 0.1) is 4.92 Å². The molecule has 8 nitrogen and oxygen atoms in total. The SMILES string of the molecule is CCC(=O)OC(Oc1ccc([N+](=O)[O-])cc1)C(C)C.O=CO. The van der Waals surface area contributed by atoms with E-state index in [2.05, 4.69) is 0 Å². The van der Waals surface area contributed by atoms with Crippen molar-refractivity contribution >= 4 is 18.1 Å². The summed E-state index contributed by atoms with van der Waals surface area (Å²) in [7, 11) is 0. The Hall–Kier alpha value is -2.64. The molecule has 122 valence electrons. The first-order chi connectivity index (χ1) is 10.3. The van der Waals surface area contributed by atoms with E-state index in [4.69, 9.17) is 19.4 Å². The van der Waals surface area contributed by atoms with Gasteiger partial charge in [0.1, 0.15) is 5.75 Å². The number of carboxylic acid groups (broad SMARTS) is 1. The van der Waals surface area contributed by atoms with Crippen LogP contribution >= 0.6 is 0 Å². The number of hydrogen-bond donors (Lipinski definition) is 1. The van der Waals surface area contributed by atoms with Gasteiger partial charge in [0.2, 0.25) is 6.29 Å². The van der Waals surface area contributed by atoms with Crippen molar-refractivity contribution < 1.29 is 29.1 Å². The molecule has 0 aliphatic rings. The van der Waals surface area contributed by atoms with Crippen LogP contribution in [0.5, 0.6) is 5.75 Å². The number of hydrogen-bond acceptors (Lipinski definition) is 6. The van der Waals surface area contributed by atoms with Gasteiger partial charge in [-0.1, -0.05) is 20.8 Å². The lowest BCUT2D eigenvalue weighted by Gasteiger charge is -2.22. The Morgan fingerprint density at radius 1 is 1.36 bits per heavy atom. The van der Waals surface area contributed by atoms with Crippen LogP contribution in [-0.4, -0.2) is 28.8 Å². The number of benzene rings is 1. The molecule has 0 saturated carbocycles. The minimum Gasteiger partial charge on any atom is -0.483 e. The average Bonchev–Trinajstić information content (AvgIpc) is 2.47. The maximum atomic E-state index is 11.3. The third-order valence-corrected chi connectivity index (χ3v) is 2.38. The molecule has 0 aromatic heterocycles. The zero-order valence-corrected chi connectivity index (χ0v) is 12.6. The normalized spacial score (nSPS) is 10.9. The molecule has 0 bridgehead atoms. The smallest absolute Gasteiger partial charge is 0.308 e. The fourth-order valence-corrected chi connectivity index (χ4v) is 1.29. The maximum Gasteiger partial charge on any atom is 0.308 e. The molecule has 1 unspecified atom stereocenters. The van der Waals surface area contributed by atoms with Crippen molar-refractivity contribution in [3.63, 3.8) is 0 Å². The van der Waals surface area contributed by atoms with Gasteiger partial charge in [-0.25, -0.2) is 0 Å². The zero-order chi connectivity index (χ0) is 17.1. The third-order valence-electron chi connectivity index (χ3n) is 2.38. The van der Waals surface area contributed by atoms with Gasteiger partial charge in [0.15, 0.2) is 0 Å². The molecule has 0 fully saturated rings. The molecule has 0 heterocycles. The molecule has 8 heteroatoms. The maximum absolute atomic E-state index is 11.3. The van der Waals surface area contributed by atoms with Crippen LogP contribution in [0.3, 0.4) is 0 Å². The van der Waals surface area contributed by atoms with Crippen molar-refractivity contribution in [1.29, 1.82) is 0 Å². The minimum atomic E-state index is -0.700. The summed E-state index contributed by atoms with van der Waals surface area (Å²) in [6, 6.07) is 5.64. The molecule has 0 radical (unpaired) electrons. The number of rotatable bonds is 6. The van der Waals surface area contributed by atoms with Crippen molar-refractivity contribution in [1.82, 2.24) is 0 Å². The highest BCUT2D eigenvalue weighted by Crippen LogP contribution is 2.21. The highest BCUT2D eigenvalue weighted by atomic mass is 16.7. The van der Waals surface area contributed by atoms with Gasteiger partial charge in [0, 0.05) is 24.5 Å². The van der Waals surface area contributed by atoms with Crippen LogP contribution in [0.25, 0.3) is 0 Å². The number of nitrogens with zero attached hydrogens (tertiary/aromatic N) is 1. The summed E-state index contributed by atoms with van der Waals surface area (Å²) < 4.78 is 10.7. The molecule has 1 aromatic carbocycles. The minimum absolute atomic E-state index is 0.0148. The largest absolute Gasteiger partial charge is 0.483 e. The predicted molar refractivity (Wildman–Crippen MR) is 77.4 cm³/mol. The van der Waals surface area contributed by atoms with E-state index < -0.39 is 11.2 Å². The summed E-state index contributed by atoms with van der Waals surface area (Å²) in [6.07, 6.45) is -0.429. The van der Waals surface area contributed by atoms with E-state index in [1.54, 1.807) is 6.92 Å². The highest BCUT2D eigenvalue weighted by molar-refractivity contribution is 5.69. The number of carbonyl (C=O) groups excluding carboxylic acids is 1. The van der Waals surface area contributed by atoms with Crippen LogP contribution in [0.1, 0.15) is 27.2 Å². The van der Waals surface area contributed by atoms with E-state index in [-0.39, 0.29) is 30.5 Å². The van der Waals surface area contributed by atoms with Crippen LogP contribution in [-0.2, 0) is 14.3 Å². The first-order valence-electron chi connectivity index (χ1n) is 6.54. The van der Waals surface area contributed by atoms with Gasteiger partial charge in [0.25, 0.3) is 12.2 Å². The molecule has 22 heavy (non-hydrogen) atoms. The molecule has 0 aliphatic heterocycles. The Morgan fingerprint density at radius 2 is 1.86 bits per heavy atom. The molecule has 1 N–H and O–H groups in total. The Labute approximate surface area is 127 Å². The van der Waals surface area contributed by atoms with E-state index in [0.29, 0.717) is 5.75 Å². The Morgan fingerprint density at radius 3 is 2.23 bits per heavy atom. The number of non-ortho nitro benzene ring substituents is 1. The first-order valence-corrected chi connectivity index (χ1v) is 6.54. The second kappa shape index (κ2) is 10.1. The summed E-state index contributed by atoms with van der Waals surface area (Å²) >= 11 is 0. The first kappa shape index (κ1) is 19.4. The van der Waals surface area contributed by atoms with Crippen LogP contribution in [0.4, 0.5) is 5.69 Å². The van der Waals surface area contributed by atoms with Crippen LogP contribution in [0.15, 0.2) is 24.3 Å². The van der Waals surface area contributed by atoms with Gasteiger partial charge in [-0.15, -0.1) is 0 Å². The molecule has 1 aromatic rings. The van der Waals surface area contributed by atoms with Crippen LogP contribution < -0.4 is 4.74 Å². The van der Waals surface area contributed by atoms with Gasteiger partial charge >= 0.3 is 5.97 Å². The molecule has 0 amide bonds.